The molecule has 0 aliphatic carbocycles. The average Bonchev–Trinajstić information content (AvgIpc) is 2.30. The van der Waals surface area contributed by atoms with E-state index in [9.17, 15) is 0 Å². The Bertz CT molecular complexity index is 456. The SMILES string of the molecule is Cc1nccc(C(N)Cc2ccccn2)n1. The molecule has 16 heavy (non-hydrogen) atoms. The summed E-state index contributed by atoms with van der Waals surface area (Å²) in [7, 11) is 0. The highest BCUT2D eigenvalue weighted by Gasteiger charge is 2.09. The van der Waals surface area contributed by atoms with Crippen molar-refractivity contribution in [2.24, 2.45) is 5.73 Å². The van der Waals surface area contributed by atoms with Crippen LogP contribution in [0.15, 0.2) is 36.7 Å². The van der Waals surface area contributed by atoms with Gasteiger partial charge in [0.2, 0.25) is 0 Å². The Labute approximate surface area is 94.6 Å². The van der Waals surface area contributed by atoms with Crippen LogP contribution in [0.1, 0.15) is 23.3 Å². The lowest BCUT2D eigenvalue weighted by Crippen LogP contribution is -2.16. The zero-order chi connectivity index (χ0) is 11.4. The maximum Gasteiger partial charge on any atom is 0.125 e. The molecular formula is C12H14N4. The minimum Gasteiger partial charge on any atom is -0.322 e. The lowest BCUT2D eigenvalue weighted by molar-refractivity contribution is 0.676. The van der Waals surface area contributed by atoms with E-state index in [1.54, 1.807) is 12.4 Å². The molecular weight excluding hydrogens is 200 g/mol. The van der Waals surface area contributed by atoms with Gasteiger partial charge in [-0.05, 0) is 25.1 Å². The van der Waals surface area contributed by atoms with Crippen molar-refractivity contribution in [2.75, 3.05) is 0 Å². The highest BCUT2D eigenvalue weighted by atomic mass is 14.9. The van der Waals surface area contributed by atoms with Gasteiger partial charge in [0.25, 0.3) is 0 Å². The van der Waals surface area contributed by atoms with Crippen molar-refractivity contribution in [1.29, 1.82) is 0 Å². The van der Waals surface area contributed by atoms with Gasteiger partial charge in [-0.3, -0.25) is 4.98 Å². The first-order valence-corrected chi connectivity index (χ1v) is 5.21. The van der Waals surface area contributed by atoms with E-state index in [0.717, 1.165) is 17.2 Å². The van der Waals surface area contributed by atoms with Gasteiger partial charge in [0.05, 0.1) is 11.7 Å². The van der Waals surface area contributed by atoms with E-state index >= 15 is 0 Å². The second-order valence-corrected chi connectivity index (χ2v) is 3.66. The fourth-order valence-corrected chi connectivity index (χ4v) is 1.53. The van der Waals surface area contributed by atoms with E-state index in [1.165, 1.54) is 0 Å². The molecule has 82 valence electrons. The smallest absolute Gasteiger partial charge is 0.125 e. The van der Waals surface area contributed by atoms with Gasteiger partial charge in [-0.2, -0.15) is 0 Å². The number of aromatic nitrogens is 3. The van der Waals surface area contributed by atoms with E-state index < -0.39 is 0 Å². The second kappa shape index (κ2) is 4.81. The highest BCUT2D eigenvalue weighted by molar-refractivity contribution is 5.12. The van der Waals surface area contributed by atoms with E-state index in [4.69, 9.17) is 5.73 Å². The van der Waals surface area contributed by atoms with Crippen LogP contribution in [0.4, 0.5) is 0 Å². The third kappa shape index (κ3) is 2.61. The van der Waals surface area contributed by atoms with E-state index in [-0.39, 0.29) is 6.04 Å². The summed E-state index contributed by atoms with van der Waals surface area (Å²) in [5.74, 6) is 0.744. The maximum atomic E-state index is 6.07. The van der Waals surface area contributed by atoms with Gasteiger partial charge in [0.1, 0.15) is 5.82 Å². The average molecular weight is 214 g/mol. The normalized spacial score (nSPS) is 12.4. The Balaban J connectivity index is 2.12. The molecule has 2 N–H and O–H groups in total. The molecule has 0 radical (unpaired) electrons. The number of hydrogen-bond acceptors (Lipinski definition) is 4. The first kappa shape index (κ1) is 10.7. The van der Waals surface area contributed by atoms with Crippen molar-refractivity contribution in [3.05, 3.63) is 53.9 Å². The molecule has 0 aliphatic heterocycles. The van der Waals surface area contributed by atoms with Crippen LogP contribution in [0.3, 0.4) is 0 Å². The zero-order valence-electron chi connectivity index (χ0n) is 9.17. The van der Waals surface area contributed by atoms with Crippen LogP contribution in [0.5, 0.6) is 0 Å². The molecule has 0 saturated heterocycles. The Kier molecular flexibility index (Phi) is 3.22. The molecule has 2 rings (SSSR count). The predicted octanol–water partition coefficient (Wildman–Crippen LogP) is 1.42. The molecule has 2 heterocycles. The Morgan fingerprint density at radius 2 is 2.06 bits per heavy atom. The summed E-state index contributed by atoms with van der Waals surface area (Å²) < 4.78 is 0. The summed E-state index contributed by atoms with van der Waals surface area (Å²) in [6, 6.07) is 7.54. The van der Waals surface area contributed by atoms with Crippen LogP contribution in [-0.2, 0) is 6.42 Å². The standard InChI is InChI=1S/C12H14N4/c1-9-14-7-5-12(16-9)11(13)8-10-4-2-3-6-15-10/h2-7,11H,8,13H2,1H3. The third-order valence-electron chi connectivity index (χ3n) is 2.33. The third-order valence-corrected chi connectivity index (χ3v) is 2.33. The minimum atomic E-state index is -0.128. The van der Waals surface area contributed by atoms with Gasteiger partial charge in [-0.15, -0.1) is 0 Å². The first-order chi connectivity index (χ1) is 7.75. The molecule has 0 fully saturated rings. The van der Waals surface area contributed by atoms with Gasteiger partial charge in [-0.1, -0.05) is 6.07 Å². The molecule has 4 nitrogen and oxygen atoms in total. The number of nitrogens with zero attached hydrogens (tertiary/aromatic N) is 3. The van der Waals surface area contributed by atoms with Crippen molar-refractivity contribution < 1.29 is 0 Å². The van der Waals surface area contributed by atoms with Crippen LogP contribution in [0, 0.1) is 6.92 Å². The van der Waals surface area contributed by atoms with Gasteiger partial charge in [0.15, 0.2) is 0 Å². The van der Waals surface area contributed by atoms with Gasteiger partial charge in [0, 0.05) is 24.5 Å². The minimum absolute atomic E-state index is 0.128. The summed E-state index contributed by atoms with van der Waals surface area (Å²) >= 11 is 0. The Morgan fingerprint density at radius 3 is 2.75 bits per heavy atom. The van der Waals surface area contributed by atoms with Crippen LogP contribution < -0.4 is 5.73 Å². The van der Waals surface area contributed by atoms with Crippen molar-refractivity contribution in [1.82, 2.24) is 15.0 Å². The number of nitrogens with two attached hydrogens (primary N) is 1. The summed E-state index contributed by atoms with van der Waals surface area (Å²) in [6.07, 6.45) is 4.19. The molecule has 4 heteroatoms. The number of pyridine rings is 1. The molecule has 0 spiro atoms. The van der Waals surface area contributed by atoms with Crippen molar-refractivity contribution in [3.63, 3.8) is 0 Å². The molecule has 0 aromatic carbocycles. The molecule has 1 atom stereocenters. The van der Waals surface area contributed by atoms with E-state index in [1.807, 2.05) is 31.2 Å². The van der Waals surface area contributed by atoms with E-state index in [2.05, 4.69) is 15.0 Å². The molecule has 0 amide bonds. The van der Waals surface area contributed by atoms with Gasteiger partial charge in [-0.25, -0.2) is 9.97 Å². The number of aryl methyl sites for hydroxylation is 1. The summed E-state index contributed by atoms with van der Waals surface area (Å²) in [5, 5.41) is 0. The van der Waals surface area contributed by atoms with Crippen LogP contribution >= 0.6 is 0 Å². The van der Waals surface area contributed by atoms with Crippen molar-refractivity contribution in [2.45, 2.75) is 19.4 Å². The summed E-state index contributed by atoms with van der Waals surface area (Å²) in [6.45, 7) is 1.86. The first-order valence-electron chi connectivity index (χ1n) is 5.21. The lowest BCUT2D eigenvalue weighted by atomic mass is 10.1. The molecule has 2 aromatic heterocycles. The van der Waals surface area contributed by atoms with E-state index in [0.29, 0.717) is 6.42 Å². The quantitative estimate of drug-likeness (QED) is 0.839. The van der Waals surface area contributed by atoms with Crippen molar-refractivity contribution in [3.8, 4) is 0 Å². The molecule has 1 unspecified atom stereocenters. The zero-order valence-corrected chi connectivity index (χ0v) is 9.17. The monoisotopic (exact) mass is 214 g/mol. The second-order valence-electron chi connectivity index (χ2n) is 3.66. The van der Waals surface area contributed by atoms with Crippen LogP contribution in [-0.4, -0.2) is 15.0 Å². The van der Waals surface area contributed by atoms with Gasteiger partial charge < -0.3 is 5.73 Å². The molecule has 2 aromatic rings. The van der Waals surface area contributed by atoms with Gasteiger partial charge >= 0.3 is 0 Å². The molecule has 0 saturated carbocycles. The Morgan fingerprint density at radius 1 is 1.19 bits per heavy atom. The largest absolute Gasteiger partial charge is 0.322 e. The number of rotatable bonds is 3. The Hall–Kier alpha value is -1.81. The molecule has 0 bridgehead atoms. The maximum absolute atomic E-state index is 6.07. The fourth-order valence-electron chi connectivity index (χ4n) is 1.53. The predicted molar refractivity (Wildman–Crippen MR) is 61.6 cm³/mol. The van der Waals surface area contributed by atoms with Crippen molar-refractivity contribution >= 4 is 0 Å². The topological polar surface area (TPSA) is 64.7 Å². The van der Waals surface area contributed by atoms with Crippen LogP contribution in [0.25, 0.3) is 0 Å². The lowest BCUT2D eigenvalue weighted by Gasteiger charge is -2.10. The van der Waals surface area contributed by atoms with Crippen LogP contribution in [0.2, 0.25) is 0 Å². The highest BCUT2D eigenvalue weighted by Crippen LogP contribution is 2.11. The fraction of sp³-hybridized carbons (Fsp3) is 0.250. The number of hydrogen-bond donors (Lipinski definition) is 1. The summed E-state index contributed by atoms with van der Waals surface area (Å²) in [4.78, 5) is 12.6. The molecule has 0 aliphatic rings. The summed E-state index contributed by atoms with van der Waals surface area (Å²) in [5.41, 5.74) is 7.90.